The van der Waals surface area contributed by atoms with Gasteiger partial charge in [-0.1, -0.05) is 0 Å². The Morgan fingerprint density at radius 2 is 1.57 bits per heavy atom. The van der Waals surface area contributed by atoms with Gasteiger partial charge in [-0.2, -0.15) is 5.10 Å². The van der Waals surface area contributed by atoms with Gasteiger partial charge in [0.2, 0.25) is 0 Å². The van der Waals surface area contributed by atoms with Gasteiger partial charge in [0.05, 0.1) is 5.69 Å². The zero-order chi connectivity index (χ0) is 19.5. The van der Waals surface area contributed by atoms with Crippen molar-refractivity contribution in [2.45, 2.75) is 12.8 Å². The predicted molar refractivity (Wildman–Crippen MR) is 102 cm³/mol. The van der Waals surface area contributed by atoms with Gasteiger partial charge in [0.15, 0.2) is 5.78 Å². The van der Waals surface area contributed by atoms with Gasteiger partial charge >= 0.3 is 0 Å². The van der Waals surface area contributed by atoms with Gasteiger partial charge in [0.1, 0.15) is 18.4 Å². The topological polar surface area (TPSA) is 88.3 Å². The maximum atomic E-state index is 12.8. The molecule has 0 radical (unpaired) electrons. The molecule has 2 heterocycles. The number of piperidine rings is 1. The van der Waals surface area contributed by atoms with Gasteiger partial charge in [-0.25, -0.2) is 9.67 Å². The van der Waals surface area contributed by atoms with Crippen molar-refractivity contribution in [3.63, 3.8) is 0 Å². The largest absolute Gasteiger partial charge is 0.508 e. The number of nitrogens with zero attached hydrogens (tertiary/aromatic N) is 4. The second-order valence-corrected chi connectivity index (χ2v) is 6.86. The fourth-order valence-electron chi connectivity index (χ4n) is 3.49. The van der Waals surface area contributed by atoms with Crippen LogP contribution in [-0.4, -0.2) is 49.6 Å². The Bertz CT molecular complexity index is 958. The van der Waals surface area contributed by atoms with Gasteiger partial charge in [0, 0.05) is 30.1 Å². The van der Waals surface area contributed by atoms with Crippen LogP contribution in [0.25, 0.3) is 5.69 Å². The van der Waals surface area contributed by atoms with Crippen molar-refractivity contribution < 1.29 is 14.7 Å². The molecule has 28 heavy (non-hydrogen) atoms. The highest BCUT2D eigenvalue weighted by molar-refractivity contribution is 5.98. The average molecular weight is 376 g/mol. The fourth-order valence-corrected chi connectivity index (χ4v) is 3.49. The van der Waals surface area contributed by atoms with Gasteiger partial charge in [-0.3, -0.25) is 9.59 Å². The molecular formula is C21H20N4O3. The van der Waals surface area contributed by atoms with Crippen molar-refractivity contribution in [1.29, 1.82) is 0 Å². The summed E-state index contributed by atoms with van der Waals surface area (Å²) < 4.78 is 1.63. The molecule has 1 aliphatic heterocycles. The number of hydrogen-bond donors (Lipinski definition) is 1. The molecule has 7 nitrogen and oxygen atoms in total. The number of phenols is 1. The third-order valence-corrected chi connectivity index (χ3v) is 5.10. The molecule has 1 aromatic heterocycles. The first-order chi connectivity index (χ1) is 13.6. The van der Waals surface area contributed by atoms with Crippen LogP contribution in [0.2, 0.25) is 0 Å². The van der Waals surface area contributed by atoms with E-state index in [9.17, 15) is 14.7 Å². The van der Waals surface area contributed by atoms with E-state index in [-0.39, 0.29) is 23.4 Å². The average Bonchev–Trinajstić information content (AvgIpc) is 3.28. The minimum absolute atomic E-state index is 0.0272. The number of hydrogen-bond acceptors (Lipinski definition) is 5. The lowest BCUT2D eigenvalue weighted by atomic mass is 9.88. The third kappa shape index (κ3) is 3.64. The summed E-state index contributed by atoms with van der Waals surface area (Å²) in [7, 11) is 0. The van der Waals surface area contributed by atoms with Crippen LogP contribution in [0.5, 0.6) is 5.75 Å². The van der Waals surface area contributed by atoms with E-state index in [2.05, 4.69) is 10.1 Å². The number of amides is 1. The van der Waals surface area contributed by atoms with E-state index in [0.717, 1.165) is 5.69 Å². The van der Waals surface area contributed by atoms with Crippen molar-refractivity contribution in [2.24, 2.45) is 5.92 Å². The molecule has 7 heteroatoms. The standard InChI is InChI=1S/C21H20N4O3/c26-19-7-3-15(4-8-19)20(27)16-9-11-24(12-10-16)21(28)17-1-5-18(6-2-17)25-14-22-13-23-25/h1-8,13-14,16,26H,9-12H2. The predicted octanol–water partition coefficient (Wildman–Crippen LogP) is 2.71. The lowest BCUT2D eigenvalue weighted by Crippen LogP contribution is -2.40. The number of likely N-dealkylation sites (tertiary alicyclic amines) is 1. The molecule has 0 aliphatic carbocycles. The molecule has 1 saturated heterocycles. The number of rotatable bonds is 4. The molecule has 1 aliphatic rings. The summed E-state index contributed by atoms with van der Waals surface area (Å²) in [6.07, 6.45) is 4.35. The Kier molecular flexibility index (Phi) is 4.89. The Labute approximate surface area is 162 Å². The number of carbonyl (C=O) groups excluding carboxylic acids is 2. The van der Waals surface area contributed by atoms with E-state index in [1.807, 2.05) is 12.1 Å². The SMILES string of the molecule is O=C(c1ccc(O)cc1)C1CCN(C(=O)c2ccc(-n3cncn3)cc2)CC1. The molecule has 1 amide bonds. The number of aromatic hydroxyl groups is 1. The highest BCUT2D eigenvalue weighted by Gasteiger charge is 2.28. The maximum Gasteiger partial charge on any atom is 0.253 e. The Balaban J connectivity index is 1.37. The van der Waals surface area contributed by atoms with Crippen LogP contribution in [0.15, 0.2) is 61.2 Å². The van der Waals surface area contributed by atoms with Crippen molar-refractivity contribution in [1.82, 2.24) is 19.7 Å². The maximum absolute atomic E-state index is 12.8. The first-order valence-electron chi connectivity index (χ1n) is 9.19. The summed E-state index contributed by atoms with van der Waals surface area (Å²) in [5.41, 5.74) is 2.06. The van der Waals surface area contributed by atoms with Crippen LogP contribution in [0.1, 0.15) is 33.6 Å². The molecule has 1 N–H and O–H groups in total. The second-order valence-electron chi connectivity index (χ2n) is 6.86. The van der Waals surface area contributed by atoms with E-state index in [1.165, 1.54) is 18.5 Å². The first kappa shape index (κ1) is 17.9. The number of benzene rings is 2. The zero-order valence-electron chi connectivity index (χ0n) is 15.2. The van der Waals surface area contributed by atoms with Crippen molar-refractivity contribution in [3.8, 4) is 11.4 Å². The van der Waals surface area contributed by atoms with Gasteiger partial charge in [-0.05, 0) is 61.4 Å². The third-order valence-electron chi connectivity index (χ3n) is 5.10. The van der Waals surface area contributed by atoms with Crippen LogP contribution in [-0.2, 0) is 0 Å². The van der Waals surface area contributed by atoms with E-state index in [0.29, 0.717) is 37.1 Å². The molecule has 142 valence electrons. The molecule has 4 rings (SSSR count). The van der Waals surface area contributed by atoms with Crippen LogP contribution in [0, 0.1) is 5.92 Å². The highest BCUT2D eigenvalue weighted by atomic mass is 16.3. The number of phenolic OH excluding ortho intramolecular Hbond substituents is 1. The van der Waals surface area contributed by atoms with Crippen molar-refractivity contribution in [2.75, 3.05) is 13.1 Å². The Morgan fingerprint density at radius 3 is 2.18 bits per heavy atom. The Hall–Kier alpha value is -3.48. The summed E-state index contributed by atoms with van der Waals surface area (Å²) >= 11 is 0. The van der Waals surface area contributed by atoms with Crippen molar-refractivity contribution >= 4 is 11.7 Å². The first-order valence-corrected chi connectivity index (χ1v) is 9.19. The second kappa shape index (κ2) is 7.64. The normalized spacial score (nSPS) is 14.8. The molecule has 0 spiro atoms. The molecule has 3 aromatic rings. The van der Waals surface area contributed by atoms with E-state index in [1.54, 1.807) is 40.2 Å². The number of aromatic nitrogens is 3. The van der Waals surface area contributed by atoms with E-state index < -0.39 is 0 Å². The zero-order valence-corrected chi connectivity index (χ0v) is 15.2. The number of Topliss-reactive ketones (excluding diaryl/α,β-unsaturated/α-hetero) is 1. The number of ketones is 1. The Morgan fingerprint density at radius 1 is 0.929 bits per heavy atom. The minimum Gasteiger partial charge on any atom is -0.508 e. The summed E-state index contributed by atoms with van der Waals surface area (Å²) in [5.74, 6) is 0.0973. The van der Waals surface area contributed by atoms with Crippen LogP contribution in [0.4, 0.5) is 0 Å². The van der Waals surface area contributed by atoms with Crippen LogP contribution < -0.4 is 0 Å². The smallest absolute Gasteiger partial charge is 0.253 e. The highest BCUT2D eigenvalue weighted by Crippen LogP contribution is 2.24. The van der Waals surface area contributed by atoms with Gasteiger partial charge in [-0.15, -0.1) is 0 Å². The quantitative estimate of drug-likeness (QED) is 0.708. The lowest BCUT2D eigenvalue weighted by Gasteiger charge is -2.31. The van der Waals surface area contributed by atoms with E-state index >= 15 is 0 Å². The summed E-state index contributed by atoms with van der Waals surface area (Å²) in [5, 5.41) is 13.4. The summed E-state index contributed by atoms with van der Waals surface area (Å²) in [6, 6.07) is 13.6. The molecule has 0 unspecified atom stereocenters. The molecule has 2 aromatic carbocycles. The monoisotopic (exact) mass is 376 g/mol. The lowest BCUT2D eigenvalue weighted by molar-refractivity contribution is 0.0650. The fraction of sp³-hybridized carbons (Fsp3) is 0.238. The minimum atomic E-state index is -0.0942. The van der Waals surface area contributed by atoms with Gasteiger partial charge < -0.3 is 10.0 Å². The van der Waals surface area contributed by atoms with E-state index in [4.69, 9.17) is 0 Å². The summed E-state index contributed by atoms with van der Waals surface area (Å²) in [6.45, 7) is 1.11. The molecule has 1 fully saturated rings. The number of carbonyl (C=O) groups is 2. The van der Waals surface area contributed by atoms with Crippen molar-refractivity contribution in [3.05, 3.63) is 72.3 Å². The van der Waals surface area contributed by atoms with Crippen LogP contribution in [0.3, 0.4) is 0 Å². The van der Waals surface area contributed by atoms with Crippen LogP contribution >= 0.6 is 0 Å². The van der Waals surface area contributed by atoms with Gasteiger partial charge in [0.25, 0.3) is 5.91 Å². The summed E-state index contributed by atoms with van der Waals surface area (Å²) in [4.78, 5) is 31.1. The molecule has 0 bridgehead atoms. The molecular weight excluding hydrogens is 356 g/mol. The molecule has 0 atom stereocenters. The molecule has 0 saturated carbocycles.